The average molecular weight is 429 g/mol. The molecule has 2 aliphatic rings. The third-order valence-corrected chi connectivity index (χ3v) is 5.26. The number of rotatable bonds is 7. The van der Waals surface area contributed by atoms with Crippen molar-refractivity contribution in [1.29, 1.82) is 0 Å². The van der Waals surface area contributed by atoms with E-state index < -0.39 is 5.82 Å². The number of fused-ring (bicyclic) bond motifs is 1. The van der Waals surface area contributed by atoms with Gasteiger partial charge in [-0.1, -0.05) is 12.1 Å². The van der Waals surface area contributed by atoms with Crippen LogP contribution < -0.4 is 19.5 Å². The molecule has 4 rings (SSSR count). The predicted octanol–water partition coefficient (Wildman–Crippen LogP) is 1.51. The van der Waals surface area contributed by atoms with Gasteiger partial charge in [0.15, 0.2) is 29.7 Å². The van der Waals surface area contributed by atoms with Crippen LogP contribution in [0.1, 0.15) is 10.4 Å². The van der Waals surface area contributed by atoms with Crippen molar-refractivity contribution in [3.05, 3.63) is 53.8 Å². The van der Waals surface area contributed by atoms with Crippen molar-refractivity contribution >= 4 is 11.8 Å². The molecule has 31 heavy (non-hydrogen) atoms. The highest BCUT2D eigenvalue weighted by atomic mass is 19.1. The van der Waals surface area contributed by atoms with E-state index in [4.69, 9.17) is 14.2 Å². The highest BCUT2D eigenvalue weighted by molar-refractivity contribution is 5.94. The Bertz CT molecular complexity index is 946. The molecule has 1 fully saturated rings. The molecule has 0 aromatic heterocycles. The van der Waals surface area contributed by atoms with Gasteiger partial charge in [0.2, 0.25) is 6.79 Å². The summed E-state index contributed by atoms with van der Waals surface area (Å²) in [5.74, 6) is 0.475. The fourth-order valence-corrected chi connectivity index (χ4v) is 3.48. The van der Waals surface area contributed by atoms with Crippen molar-refractivity contribution in [3.63, 3.8) is 0 Å². The summed E-state index contributed by atoms with van der Waals surface area (Å²) in [6.45, 7) is 3.69. The van der Waals surface area contributed by atoms with Gasteiger partial charge < -0.3 is 24.4 Å². The molecule has 0 atom stereocenters. The van der Waals surface area contributed by atoms with E-state index in [9.17, 15) is 14.0 Å². The lowest BCUT2D eigenvalue weighted by molar-refractivity contribution is -0.135. The van der Waals surface area contributed by atoms with Crippen molar-refractivity contribution in [2.75, 3.05) is 52.7 Å². The molecule has 2 amide bonds. The van der Waals surface area contributed by atoms with Gasteiger partial charge in [-0.3, -0.25) is 14.5 Å². The van der Waals surface area contributed by atoms with E-state index in [1.165, 1.54) is 12.1 Å². The van der Waals surface area contributed by atoms with E-state index in [1.807, 2.05) is 0 Å². The maximum absolute atomic E-state index is 13.6. The molecule has 8 nitrogen and oxygen atoms in total. The number of nitrogens with zero attached hydrogens (tertiary/aromatic N) is 2. The van der Waals surface area contributed by atoms with E-state index in [-0.39, 0.29) is 31.0 Å². The van der Waals surface area contributed by atoms with Crippen molar-refractivity contribution in [2.45, 2.75) is 0 Å². The minimum absolute atomic E-state index is 0.0766. The summed E-state index contributed by atoms with van der Waals surface area (Å²) in [4.78, 5) is 28.5. The van der Waals surface area contributed by atoms with Crippen LogP contribution >= 0.6 is 0 Å². The number of amides is 2. The monoisotopic (exact) mass is 429 g/mol. The molecule has 164 valence electrons. The molecule has 2 aliphatic heterocycles. The number of para-hydroxylation sites is 1. The van der Waals surface area contributed by atoms with E-state index in [0.29, 0.717) is 56.3 Å². The predicted molar refractivity (Wildman–Crippen MR) is 110 cm³/mol. The molecule has 9 heteroatoms. The van der Waals surface area contributed by atoms with Gasteiger partial charge in [-0.15, -0.1) is 0 Å². The van der Waals surface area contributed by atoms with Gasteiger partial charge >= 0.3 is 0 Å². The van der Waals surface area contributed by atoms with E-state index in [2.05, 4.69) is 10.2 Å². The molecule has 0 radical (unpaired) electrons. The number of hydrogen-bond donors (Lipinski definition) is 1. The number of piperazine rings is 1. The Kier molecular flexibility index (Phi) is 6.51. The van der Waals surface area contributed by atoms with Crippen molar-refractivity contribution in [3.8, 4) is 17.2 Å². The van der Waals surface area contributed by atoms with Crippen LogP contribution in [0.5, 0.6) is 17.2 Å². The molecule has 1 saturated heterocycles. The molecule has 2 heterocycles. The Morgan fingerprint density at radius 3 is 2.61 bits per heavy atom. The number of nitrogens with one attached hydrogen (secondary N) is 1. The van der Waals surface area contributed by atoms with Crippen LogP contribution in [-0.2, 0) is 4.79 Å². The summed E-state index contributed by atoms with van der Waals surface area (Å²) in [5, 5.41) is 2.90. The first-order valence-electron chi connectivity index (χ1n) is 10.2. The van der Waals surface area contributed by atoms with Gasteiger partial charge in [0.1, 0.15) is 0 Å². The summed E-state index contributed by atoms with van der Waals surface area (Å²) in [5.41, 5.74) is 0.523. The Labute approximate surface area is 179 Å². The molecule has 0 aliphatic carbocycles. The lowest BCUT2D eigenvalue weighted by Crippen LogP contribution is -2.51. The highest BCUT2D eigenvalue weighted by Crippen LogP contribution is 2.32. The highest BCUT2D eigenvalue weighted by Gasteiger charge is 2.22. The number of hydrogen-bond acceptors (Lipinski definition) is 6. The first kappa shape index (κ1) is 20.9. The van der Waals surface area contributed by atoms with Crippen LogP contribution in [0, 0.1) is 5.82 Å². The second-order valence-electron chi connectivity index (χ2n) is 7.27. The Morgan fingerprint density at radius 2 is 1.81 bits per heavy atom. The molecule has 0 saturated carbocycles. The molecule has 0 spiro atoms. The maximum atomic E-state index is 13.6. The smallest absolute Gasteiger partial charge is 0.260 e. The molecule has 0 unspecified atom stereocenters. The van der Waals surface area contributed by atoms with E-state index >= 15 is 0 Å². The molecule has 0 bridgehead atoms. The zero-order chi connectivity index (χ0) is 21.6. The molecule has 1 N–H and O–H groups in total. The summed E-state index contributed by atoms with van der Waals surface area (Å²) in [6, 6.07) is 11.1. The van der Waals surface area contributed by atoms with Crippen molar-refractivity contribution in [2.24, 2.45) is 0 Å². The van der Waals surface area contributed by atoms with Gasteiger partial charge in [-0.25, -0.2) is 4.39 Å². The van der Waals surface area contributed by atoms with Crippen LogP contribution in [-0.4, -0.2) is 74.3 Å². The largest absolute Gasteiger partial charge is 0.481 e. The Morgan fingerprint density at radius 1 is 1.03 bits per heavy atom. The molecule has 2 aromatic rings. The van der Waals surface area contributed by atoms with Crippen LogP contribution in [0.3, 0.4) is 0 Å². The Balaban J connectivity index is 1.15. The van der Waals surface area contributed by atoms with Gasteiger partial charge in [-0.05, 0) is 30.3 Å². The van der Waals surface area contributed by atoms with Crippen molar-refractivity contribution in [1.82, 2.24) is 15.1 Å². The fourth-order valence-electron chi connectivity index (χ4n) is 3.48. The number of carbonyl (C=O) groups is 2. The minimum atomic E-state index is -0.483. The topological polar surface area (TPSA) is 80.3 Å². The lowest BCUT2D eigenvalue weighted by atomic mass is 10.2. The first-order chi connectivity index (χ1) is 15.1. The van der Waals surface area contributed by atoms with E-state index in [1.54, 1.807) is 35.2 Å². The second-order valence-corrected chi connectivity index (χ2v) is 7.27. The number of halogens is 1. The zero-order valence-electron chi connectivity index (χ0n) is 17.0. The van der Waals surface area contributed by atoms with Gasteiger partial charge in [0.25, 0.3) is 11.8 Å². The molecular formula is C22H24FN3O5. The average Bonchev–Trinajstić information content (AvgIpc) is 3.26. The zero-order valence-corrected chi connectivity index (χ0v) is 17.0. The van der Waals surface area contributed by atoms with Crippen LogP contribution in [0.4, 0.5) is 4.39 Å². The summed E-state index contributed by atoms with van der Waals surface area (Å²) in [6.07, 6.45) is 0. The third kappa shape index (κ3) is 5.24. The number of benzene rings is 2. The quantitative estimate of drug-likeness (QED) is 0.719. The van der Waals surface area contributed by atoms with E-state index in [0.717, 1.165) is 0 Å². The van der Waals surface area contributed by atoms with Crippen LogP contribution in [0.25, 0.3) is 0 Å². The lowest BCUT2D eigenvalue weighted by Gasteiger charge is -2.34. The Hall–Kier alpha value is -3.33. The number of ether oxygens (including phenoxy) is 3. The molecule has 2 aromatic carbocycles. The summed E-state index contributed by atoms with van der Waals surface area (Å²) >= 11 is 0. The summed E-state index contributed by atoms with van der Waals surface area (Å²) < 4.78 is 29.4. The minimum Gasteiger partial charge on any atom is -0.481 e. The van der Waals surface area contributed by atoms with Crippen LogP contribution in [0.2, 0.25) is 0 Å². The maximum Gasteiger partial charge on any atom is 0.260 e. The van der Waals surface area contributed by atoms with Gasteiger partial charge in [-0.2, -0.15) is 0 Å². The summed E-state index contributed by atoms with van der Waals surface area (Å²) in [7, 11) is 0. The fraction of sp³-hybridized carbons (Fsp3) is 0.364. The first-order valence-corrected chi connectivity index (χ1v) is 10.2. The molecular weight excluding hydrogens is 405 g/mol. The van der Waals surface area contributed by atoms with Crippen molar-refractivity contribution < 1.29 is 28.2 Å². The second kappa shape index (κ2) is 9.65. The third-order valence-electron chi connectivity index (χ3n) is 5.26. The number of carbonyl (C=O) groups excluding carboxylic acids is 2. The van der Waals surface area contributed by atoms with Gasteiger partial charge in [0.05, 0.1) is 0 Å². The van der Waals surface area contributed by atoms with Gasteiger partial charge in [0, 0.05) is 44.8 Å². The SMILES string of the molecule is O=C(NCCN1CCN(C(=O)COc2ccccc2F)CC1)c1ccc2c(c1)OCO2. The van der Waals surface area contributed by atoms with Crippen LogP contribution in [0.15, 0.2) is 42.5 Å². The standard InChI is InChI=1S/C22H24FN3O5/c23-17-3-1-2-4-18(17)29-14-21(27)26-11-9-25(10-12-26)8-7-24-22(28)16-5-6-19-20(13-16)31-15-30-19/h1-6,13H,7-12,14-15H2,(H,24,28). The normalized spacial score (nSPS) is 15.6.